The molecule has 0 radical (unpaired) electrons. The fourth-order valence-corrected chi connectivity index (χ4v) is 6.73. The topological polar surface area (TPSA) is 141 Å². The molecule has 2 unspecified atom stereocenters. The monoisotopic (exact) mass is 490 g/mol. The molecule has 0 aliphatic carbocycles. The maximum atomic E-state index is 13.0. The molecule has 11 heteroatoms. The largest absolute Gasteiger partial charge is 0.510 e. The highest BCUT2D eigenvalue weighted by Crippen LogP contribution is 2.40. The number of hydrogen-bond donors (Lipinski definition) is 3. The van der Waals surface area contributed by atoms with Crippen molar-refractivity contribution in [2.45, 2.75) is 36.6 Å². The molecule has 3 rings (SSSR count). The Kier molecular flexibility index (Phi) is 7.13. The van der Waals surface area contributed by atoms with Gasteiger partial charge in [0.05, 0.1) is 11.3 Å². The first-order chi connectivity index (χ1) is 15.5. The maximum Gasteiger partial charge on any atom is 0.356 e. The molecule has 1 aliphatic heterocycles. The van der Waals surface area contributed by atoms with Gasteiger partial charge in [0, 0.05) is 10.8 Å². The van der Waals surface area contributed by atoms with Crippen molar-refractivity contribution in [3.05, 3.63) is 77.2 Å². The number of carboxylic acids is 1. The molecule has 3 N–H and O–H groups in total. The van der Waals surface area contributed by atoms with E-state index in [1.54, 1.807) is 49.4 Å². The zero-order valence-electron chi connectivity index (χ0n) is 17.8. The van der Waals surface area contributed by atoms with Crippen LogP contribution in [0.15, 0.2) is 70.9 Å². The number of nitrogens with zero attached hydrogens (tertiary/aromatic N) is 1. The van der Waals surface area contributed by atoms with Crippen LogP contribution in [-0.2, 0) is 29.7 Å². The Morgan fingerprint density at radius 1 is 1.06 bits per heavy atom. The van der Waals surface area contributed by atoms with Gasteiger partial charge in [-0.25, -0.2) is 13.2 Å². The van der Waals surface area contributed by atoms with Gasteiger partial charge in [-0.15, -0.1) is 0 Å². The van der Waals surface area contributed by atoms with E-state index < -0.39 is 49.5 Å². The van der Waals surface area contributed by atoms with Crippen molar-refractivity contribution >= 4 is 37.4 Å². The summed E-state index contributed by atoms with van der Waals surface area (Å²) < 4.78 is 25.9. The van der Waals surface area contributed by atoms with Crippen LogP contribution in [0.5, 0.6) is 0 Å². The van der Waals surface area contributed by atoms with E-state index in [9.17, 15) is 33.0 Å². The molecule has 1 saturated heterocycles. The number of aliphatic carboxylic acids is 1. The van der Waals surface area contributed by atoms with Crippen molar-refractivity contribution in [2.24, 2.45) is 0 Å². The molecule has 1 heterocycles. The number of aliphatic hydroxyl groups excluding tert-OH is 1. The molecule has 2 amide bonds. The van der Waals surface area contributed by atoms with E-state index in [0.717, 1.165) is 12.5 Å². The van der Waals surface area contributed by atoms with Crippen LogP contribution >= 0.6 is 10.8 Å². The molecule has 0 spiro atoms. The minimum Gasteiger partial charge on any atom is -0.510 e. The average Bonchev–Trinajstić information content (AvgIpc) is 2.75. The number of carboxylic acid groups (broad SMARTS) is 1. The number of allylic oxidation sites excluding steroid dienone is 1. The molecule has 9 nitrogen and oxygen atoms in total. The number of carbonyl (C=O) groups is 3. The SMILES string of the molecule is C/C(O)=C(/C(=O)O)N1C(=O)C(NC(=O)Cc2ccccc2)C1SS(=O)(=O)c1ccc(C)cc1. The summed E-state index contributed by atoms with van der Waals surface area (Å²) in [7, 11) is -3.70. The molecule has 0 saturated carbocycles. The average molecular weight is 491 g/mol. The van der Waals surface area contributed by atoms with Gasteiger partial charge in [0.15, 0.2) is 5.70 Å². The zero-order chi connectivity index (χ0) is 24.3. The summed E-state index contributed by atoms with van der Waals surface area (Å²) in [5.74, 6) is -3.63. The summed E-state index contributed by atoms with van der Waals surface area (Å²) >= 11 is 0. The number of carbonyl (C=O) groups excluding carboxylic acids is 2. The van der Waals surface area contributed by atoms with Gasteiger partial charge in [-0.2, -0.15) is 0 Å². The Morgan fingerprint density at radius 3 is 2.21 bits per heavy atom. The number of rotatable bonds is 8. The van der Waals surface area contributed by atoms with Crippen LogP contribution in [0.4, 0.5) is 0 Å². The number of nitrogens with one attached hydrogen (secondary N) is 1. The number of β-lactam (4-membered cyclic amide) rings is 1. The normalized spacial score (nSPS) is 18.8. The Hall–Kier alpha value is -3.31. The molecule has 1 aliphatic rings. The van der Waals surface area contributed by atoms with Crippen LogP contribution in [0.1, 0.15) is 18.1 Å². The predicted octanol–water partition coefficient (Wildman–Crippen LogP) is 2.19. The number of likely N-dealkylation sites (tertiary alicyclic amines) is 1. The van der Waals surface area contributed by atoms with Crippen molar-refractivity contribution in [2.75, 3.05) is 0 Å². The van der Waals surface area contributed by atoms with E-state index in [1.165, 1.54) is 12.1 Å². The first-order valence-corrected chi connectivity index (χ1v) is 12.7. The van der Waals surface area contributed by atoms with Gasteiger partial charge in [0.2, 0.25) is 14.8 Å². The number of benzene rings is 2. The fraction of sp³-hybridized carbons (Fsp3) is 0.227. The second-order valence-electron chi connectivity index (χ2n) is 7.41. The van der Waals surface area contributed by atoms with Gasteiger partial charge in [0.1, 0.15) is 17.2 Å². The highest BCUT2D eigenvalue weighted by molar-refractivity contribution is 8.72. The van der Waals surface area contributed by atoms with Gasteiger partial charge >= 0.3 is 5.97 Å². The molecule has 0 bridgehead atoms. The predicted molar refractivity (Wildman–Crippen MR) is 122 cm³/mol. The first kappa shape index (κ1) is 24.3. The minimum absolute atomic E-state index is 0.0339. The standard InChI is InChI=1S/C22H22N2O7S2/c1-13-8-10-16(11-9-13)33(30,31)32-21-18(20(27)24(21)19(14(2)25)22(28)29)23-17(26)12-15-6-4-3-5-7-15/h3-11,18,21,25H,12H2,1-2H3,(H,23,26)(H,28,29)/b19-14+. The Labute approximate surface area is 194 Å². The Bertz CT molecular complexity index is 1210. The lowest BCUT2D eigenvalue weighted by Gasteiger charge is -2.45. The van der Waals surface area contributed by atoms with Crippen molar-refractivity contribution < 1.29 is 33.0 Å². The molecular weight excluding hydrogens is 468 g/mol. The van der Waals surface area contributed by atoms with Crippen molar-refractivity contribution in [1.29, 1.82) is 0 Å². The van der Waals surface area contributed by atoms with Crippen molar-refractivity contribution in [1.82, 2.24) is 10.2 Å². The van der Waals surface area contributed by atoms with Gasteiger partial charge in [-0.05, 0) is 31.5 Å². The van der Waals surface area contributed by atoms with Crippen molar-refractivity contribution in [3.8, 4) is 0 Å². The first-order valence-electron chi connectivity index (χ1n) is 9.80. The maximum absolute atomic E-state index is 13.0. The Balaban J connectivity index is 1.89. The third-order valence-electron chi connectivity index (χ3n) is 4.89. The van der Waals surface area contributed by atoms with Gasteiger partial charge in [-0.1, -0.05) is 48.0 Å². The number of aliphatic hydroxyl groups is 1. The second kappa shape index (κ2) is 9.67. The lowest BCUT2D eigenvalue weighted by Crippen LogP contribution is -2.69. The molecule has 1 fully saturated rings. The minimum atomic E-state index is -4.03. The van der Waals surface area contributed by atoms with Gasteiger partial charge in [-0.3, -0.25) is 14.5 Å². The van der Waals surface area contributed by atoms with Crippen LogP contribution in [0.2, 0.25) is 0 Å². The second-order valence-corrected chi connectivity index (χ2v) is 11.4. The highest BCUT2D eigenvalue weighted by Gasteiger charge is 2.54. The number of hydrogen-bond acceptors (Lipinski definition) is 7. The van der Waals surface area contributed by atoms with Crippen LogP contribution in [0.25, 0.3) is 0 Å². The van der Waals surface area contributed by atoms with E-state index in [4.69, 9.17) is 0 Å². The van der Waals surface area contributed by atoms with E-state index in [-0.39, 0.29) is 11.3 Å². The smallest absolute Gasteiger partial charge is 0.356 e. The van der Waals surface area contributed by atoms with E-state index in [2.05, 4.69) is 5.32 Å². The van der Waals surface area contributed by atoms with Crippen LogP contribution < -0.4 is 5.32 Å². The molecule has 174 valence electrons. The van der Waals surface area contributed by atoms with Gasteiger partial charge < -0.3 is 15.5 Å². The van der Waals surface area contributed by atoms with Crippen molar-refractivity contribution in [3.63, 3.8) is 0 Å². The molecule has 33 heavy (non-hydrogen) atoms. The summed E-state index contributed by atoms with van der Waals surface area (Å²) in [5.41, 5.74) is 0.787. The quantitative estimate of drug-likeness (QED) is 0.221. The Morgan fingerprint density at radius 2 is 1.67 bits per heavy atom. The lowest BCUT2D eigenvalue weighted by molar-refractivity contribution is -0.150. The summed E-state index contributed by atoms with van der Waals surface area (Å²) in [6.45, 7) is 2.87. The molecule has 0 aromatic heterocycles. The zero-order valence-corrected chi connectivity index (χ0v) is 19.4. The third kappa shape index (κ3) is 5.37. The van der Waals surface area contributed by atoms with E-state index in [1.807, 2.05) is 0 Å². The van der Waals surface area contributed by atoms with E-state index >= 15 is 0 Å². The van der Waals surface area contributed by atoms with Crippen LogP contribution in [0.3, 0.4) is 0 Å². The summed E-state index contributed by atoms with van der Waals surface area (Å²) in [6, 6.07) is 13.5. The fourth-order valence-electron chi connectivity index (χ4n) is 3.26. The molecule has 2 atom stereocenters. The van der Waals surface area contributed by atoms with E-state index in [0.29, 0.717) is 21.3 Å². The number of aryl methyl sites for hydroxylation is 1. The summed E-state index contributed by atoms with van der Waals surface area (Å²) in [5, 5.41) is 20.5. The molecule has 2 aromatic rings. The number of amides is 2. The van der Waals surface area contributed by atoms with Gasteiger partial charge in [0.25, 0.3) is 5.91 Å². The molecule has 2 aromatic carbocycles. The summed E-state index contributed by atoms with van der Waals surface area (Å²) in [4.78, 5) is 37.6. The lowest BCUT2D eigenvalue weighted by atomic mass is 10.0. The van der Waals surface area contributed by atoms with Crippen LogP contribution in [0, 0.1) is 6.92 Å². The third-order valence-corrected chi connectivity index (χ3v) is 8.60. The van der Waals surface area contributed by atoms with Crippen LogP contribution in [-0.4, -0.2) is 52.7 Å². The molecular formula is C22H22N2O7S2. The summed E-state index contributed by atoms with van der Waals surface area (Å²) in [6.07, 6.45) is -0.0482. The highest BCUT2D eigenvalue weighted by atomic mass is 33.1.